The van der Waals surface area contributed by atoms with Crippen molar-refractivity contribution in [1.29, 1.82) is 0 Å². The summed E-state index contributed by atoms with van der Waals surface area (Å²) in [6.45, 7) is 1.76. The van der Waals surface area contributed by atoms with Gasteiger partial charge in [0, 0.05) is 18.4 Å². The molecule has 0 amide bonds. The number of hydrogen-bond acceptors (Lipinski definition) is 3. The lowest BCUT2D eigenvalue weighted by Gasteiger charge is -2.02. The van der Waals surface area contributed by atoms with E-state index in [9.17, 15) is 4.79 Å². The average molecular weight is 166 g/mol. The average Bonchev–Trinajstić information content (AvgIpc) is 2.03. The van der Waals surface area contributed by atoms with E-state index >= 15 is 0 Å². The second-order valence-corrected chi connectivity index (χ2v) is 2.44. The van der Waals surface area contributed by atoms with E-state index in [0.29, 0.717) is 5.69 Å². The van der Waals surface area contributed by atoms with Crippen LogP contribution in [0.3, 0.4) is 0 Å². The maximum Gasteiger partial charge on any atom is 0.354 e. The molecule has 64 valence electrons. The molecule has 2 N–H and O–H groups in total. The molecule has 0 saturated carbocycles. The highest BCUT2D eigenvalue weighted by Crippen LogP contribution is 2.09. The van der Waals surface area contributed by atoms with E-state index in [1.165, 1.54) is 6.07 Å². The molecule has 0 aromatic carbocycles. The maximum absolute atomic E-state index is 10.5. The molecule has 0 unspecified atom stereocenters. The van der Waals surface area contributed by atoms with Gasteiger partial charge in [-0.1, -0.05) is 0 Å². The molecular weight excluding hydrogens is 156 g/mol. The van der Waals surface area contributed by atoms with E-state index in [0.717, 1.165) is 5.69 Å². The SMILES string of the molecule is CNc1cc(C)nc(C(=O)O)c1. The van der Waals surface area contributed by atoms with Gasteiger partial charge in [0.05, 0.1) is 0 Å². The number of carboxylic acids is 1. The van der Waals surface area contributed by atoms with E-state index in [1.54, 1.807) is 20.0 Å². The van der Waals surface area contributed by atoms with Crippen LogP contribution < -0.4 is 5.32 Å². The van der Waals surface area contributed by atoms with Gasteiger partial charge in [0.2, 0.25) is 0 Å². The van der Waals surface area contributed by atoms with Crippen molar-refractivity contribution in [3.8, 4) is 0 Å². The van der Waals surface area contributed by atoms with Crippen molar-refractivity contribution < 1.29 is 9.90 Å². The molecule has 1 aromatic rings. The zero-order valence-corrected chi connectivity index (χ0v) is 6.96. The zero-order chi connectivity index (χ0) is 9.14. The predicted octanol–water partition coefficient (Wildman–Crippen LogP) is 1.13. The minimum absolute atomic E-state index is 0.0688. The van der Waals surface area contributed by atoms with E-state index in [4.69, 9.17) is 5.11 Å². The summed E-state index contributed by atoms with van der Waals surface area (Å²) in [4.78, 5) is 14.4. The van der Waals surface area contributed by atoms with Gasteiger partial charge in [0.15, 0.2) is 5.69 Å². The summed E-state index contributed by atoms with van der Waals surface area (Å²) in [5.74, 6) is -1.00. The summed E-state index contributed by atoms with van der Waals surface area (Å²) in [7, 11) is 1.74. The number of rotatable bonds is 2. The Morgan fingerprint density at radius 1 is 1.58 bits per heavy atom. The normalized spacial score (nSPS) is 9.50. The lowest BCUT2D eigenvalue weighted by molar-refractivity contribution is 0.0690. The second kappa shape index (κ2) is 3.21. The van der Waals surface area contributed by atoms with E-state index in [2.05, 4.69) is 10.3 Å². The number of aryl methyl sites for hydroxylation is 1. The first-order valence-electron chi connectivity index (χ1n) is 3.53. The summed E-state index contributed by atoms with van der Waals surface area (Å²) in [6.07, 6.45) is 0. The molecule has 0 aliphatic rings. The molecule has 1 heterocycles. The number of nitrogens with one attached hydrogen (secondary N) is 1. The first-order chi connectivity index (χ1) is 5.63. The fourth-order valence-electron chi connectivity index (χ4n) is 0.922. The predicted molar refractivity (Wildman–Crippen MR) is 45.5 cm³/mol. The molecule has 0 aliphatic heterocycles. The molecule has 4 nitrogen and oxygen atoms in total. The fraction of sp³-hybridized carbons (Fsp3) is 0.250. The summed E-state index contributed by atoms with van der Waals surface area (Å²) in [6, 6.07) is 3.28. The van der Waals surface area contributed by atoms with Crippen molar-refractivity contribution >= 4 is 11.7 Å². The molecule has 1 aromatic heterocycles. The van der Waals surface area contributed by atoms with Crippen molar-refractivity contribution in [2.75, 3.05) is 12.4 Å². The lowest BCUT2D eigenvalue weighted by Crippen LogP contribution is -2.02. The van der Waals surface area contributed by atoms with Crippen LogP contribution in [0.25, 0.3) is 0 Å². The monoisotopic (exact) mass is 166 g/mol. The van der Waals surface area contributed by atoms with Gasteiger partial charge in [-0.3, -0.25) is 0 Å². The number of nitrogens with zero attached hydrogens (tertiary/aromatic N) is 1. The number of pyridine rings is 1. The molecule has 0 saturated heterocycles. The van der Waals surface area contributed by atoms with Crippen LogP contribution in [-0.2, 0) is 0 Å². The smallest absolute Gasteiger partial charge is 0.354 e. The number of aromatic nitrogens is 1. The highest BCUT2D eigenvalue weighted by molar-refractivity contribution is 5.86. The third kappa shape index (κ3) is 1.72. The number of carbonyl (C=O) groups is 1. The Morgan fingerprint density at radius 2 is 2.25 bits per heavy atom. The molecule has 1 rings (SSSR count). The summed E-state index contributed by atoms with van der Waals surface area (Å²) in [5, 5.41) is 11.5. The van der Waals surface area contributed by atoms with Gasteiger partial charge in [-0.15, -0.1) is 0 Å². The minimum atomic E-state index is -1.00. The number of carboxylic acid groups (broad SMARTS) is 1. The topological polar surface area (TPSA) is 62.2 Å². The maximum atomic E-state index is 10.5. The quantitative estimate of drug-likeness (QED) is 0.691. The molecule has 0 bridgehead atoms. The van der Waals surface area contributed by atoms with E-state index in [1.807, 2.05) is 0 Å². The fourth-order valence-corrected chi connectivity index (χ4v) is 0.922. The summed E-state index contributed by atoms with van der Waals surface area (Å²) in [5.41, 5.74) is 1.53. The molecule has 0 radical (unpaired) electrons. The minimum Gasteiger partial charge on any atom is -0.477 e. The number of anilines is 1. The molecule has 12 heavy (non-hydrogen) atoms. The lowest BCUT2D eigenvalue weighted by atomic mass is 10.2. The number of aromatic carboxylic acids is 1. The zero-order valence-electron chi connectivity index (χ0n) is 6.96. The van der Waals surface area contributed by atoms with Gasteiger partial charge in [0.1, 0.15) is 0 Å². The first-order valence-corrected chi connectivity index (χ1v) is 3.53. The van der Waals surface area contributed by atoms with Crippen LogP contribution in [0.4, 0.5) is 5.69 Å². The molecule has 0 spiro atoms. The third-order valence-corrected chi connectivity index (χ3v) is 1.46. The van der Waals surface area contributed by atoms with Crippen molar-refractivity contribution in [2.24, 2.45) is 0 Å². The Labute approximate surface area is 70.3 Å². The second-order valence-electron chi connectivity index (χ2n) is 2.44. The Balaban J connectivity index is 3.15. The van der Waals surface area contributed by atoms with Crippen LogP contribution in [0.15, 0.2) is 12.1 Å². The van der Waals surface area contributed by atoms with Gasteiger partial charge in [-0.05, 0) is 19.1 Å². The molecule has 0 aliphatic carbocycles. The summed E-state index contributed by atoms with van der Waals surface area (Å²) >= 11 is 0. The highest BCUT2D eigenvalue weighted by Gasteiger charge is 2.05. The van der Waals surface area contributed by atoms with E-state index in [-0.39, 0.29) is 5.69 Å². The Bertz CT molecular complexity index is 310. The van der Waals surface area contributed by atoms with Crippen molar-refractivity contribution in [3.63, 3.8) is 0 Å². The largest absolute Gasteiger partial charge is 0.477 e. The molecule has 0 fully saturated rings. The van der Waals surface area contributed by atoms with Crippen LogP contribution in [0.2, 0.25) is 0 Å². The van der Waals surface area contributed by atoms with E-state index < -0.39 is 5.97 Å². The highest BCUT2D eigenvalue weighted by atomic mass is 16.4. The van der Waals surface area contributed by atoms with Crippen LogP contribution in [0, 0.1) is 6.92 Å². The van der Waals surface area contributed by atoms with Crippen molar-refractivity contribution in [3.05, 3.63) is 23.5 Å². The van der Waals surface area contributed by atoms with Crippen LogP contribution in [-0.4, -0.2) is 23.1 Å². The standard InChI is InChI=1S/C8H10N2O2/c1-5-3-6(9-2)4-7(10-5)8(11)12/h3-4H,1-2H3,(H,9,10)(H,11,12). The molecule has 0 atom stereocenters. The Morgan fingerprint density at radius 3 is 2.75 bits per heavy atom. The van der Waals surface area contributed by atoms with Gasteiger partial charge in [-0.2, -0.15) is 0 Å². The molecule has 4 heteroatoms. The van der Waals surface area contributed by atoms with Crippen molar-refractivity contribution in [1.82, 2.24) is 4.98 Å². The van der Waals surface area contributed by atoms with Crippen LogP contribution in [0.5, 0.6) is 0 Å². The van der Waals surface area contributed by atoms with Crippen LogP contribution in [0.1, 0.15) is 16.2 Å². The molecular formula is C8H10N2O2. The van der Waals surface area contributed by atoms with Gasteiger partial charge >= 0.3 is 5.97 Å². The first kappa shape index (κ1) is 8.52. The Kier molecular flexibility index (Phi) is 2.28. The van der Waals surface area contributed by atoms with Crippen LogP contribution >= 0.6 is 0 Å². The van der Waals surface area contributed by atoms with Crippen molar-refractivity contribution in [2.45, 2.75) is 6.92 Å². The third-order valence-electron chi connectivity index (χ3n) is 1.46. The van der Waals surface area contributed by atoms with Gasteiger partial charge in [-0.25, -0.2) is 9.78 Å². The summed E-state index contributed by atoms with van der Waals surface area (Å²) < 4.78 is 0. The van der Waals surface area contributed by atoms with Gasteiger partial charge in [0.25, 0.3) is 0 Å². The number of hydrogen-bond donors (Lipinski definition) is 2. The van der Waals surface area contributed by atoms with Gasteiger partial charge < -0.3 is 10.4 Å². The Hall–Kier alpha value is -1.58.